The minimum atomic E-state index is -0.696. The first-order valence-electron chi connectivity index (χ1n) is 9.81. The van der Waals surface area contributed by atoms with Gasteiger partial charge in [-0.25, -0.2) is 14.1 Å². The Bertz CT molecular complexity index is 969. The van der Waals surface area contributed by atoms with Gasteiger partial charge < -0.3 is 23.6 Å². The van der Waals surface area contributed by atoms with Gasteiger partial charge in [0, 0.05) is 25.8 Å². The molecule has 162 valence electrons. The highest BCUT2D eigenvalue weighted by molar-refractivity contribution is 6.03. The number of carbonyl (C=O) groups is 2. The Kier molecular flexibility index (Phi) is 5.37. The van der Waals surface area contributed by atoms with Crippen molar-refractivity contribution >= 4 is 34.9 Å². The van der Waals surface area contributed by atoms with Crippen molar-refractivity contribution in [3.05, 3.63) is 17.4 Å². The van der Waals surface area contributed by atoms with Gasteiger partial charge in [-0.1, -0.05) is 5.16 Å². The first-order valence-corrected chi connectivity index (χ1v) is 9.81. The van der Waals surface area contributed by atoms with Crippen LogP contribution in [0.25, 0.3) is 11.0 Å². The summed E-state index contributed by atoms with van der Waals surface area (Å²) in [5.74, 6) is -0.600. The predicted octanol–water partition coefficient (Wildman–Crippen LogP) is 2.75. The topological polar surface area (TPSA) is 94.3 Å². The van der Waals surface area contributed by atoms with E-state index in [2.05, 4.69) is 5.16 Å². The lowest BCUT2D eigenvalue weighted by Crippen LogP contribution is -2.46. The molecule has 0 saturated carbocycles. The molecule has 2 aliphatic heterocycles. The molecule has 0 radical (unpaired) electrons. The van der Waals surface area contributed by atoms with Crippen molar-refractivity contribution in [2.75, 3.05) is 36.6 Å². The van der Waals surface area contributed by atoms with E-state index < -0.39 is 18.0 Å². The van der Waals surface area contributed by atoms with Crippen LogP contribution in [0.2, 0.25) is 0 Å². The molecular formula is C20H24FN3O6. The Balaban J connectivity index is 1.82. The van der Waals surface area contributed by atoms with Crippen LogP contribution in [-0.2, 0) is 14.2 Å². The van der Waals surface area contributed by atoms with Crippen molar-refractivity contribution in [3.8, 4) is 0 Å². The van der Waals surface area contributed by atoms with Crippen molar-refractivity contribution in [1.82, 2.24) is 5.16 Å². The zero-order valence-electron chi connectivity index (χ0n) is 17.3. The molecule has 0 unspecified atom stereocenters. The van der Waals surface area contributed by atoms with Crippen LogP contribution < -0.4 is 9.80 Å². The summed E-state index contributed by atoms with van der Waals surface area (Å²) in [6, 6.07) is 1.04. The normalized spacial score (nSPS) is 25.6. The number of anilines is 2. The lowest BCUT2D eigenvalue weighted by molar-refractivity contribution is -0.00543. The molecule has 9 nitrogen and oxygen atoms in total. The van der Waals surface area contributed by atoms with Gasteiger partial charge in [-0.3, -0.25) is 4.79 Å². The molecule has 0 spiro atoms. The third-order valence-electron chi connectivity index (χ3n) is 5.60. The molecule has 4 atom stereocenters. The Morgan fingerprint density at radius 1 is 1.33 bits per heavy atom. The maximum Gasteiger partial charge on any atom is 0.416 e. The van der Waals surface area contributed by atoms with Gasteiger partial charge >= 0.3 is 6.09 Å². The number of morpholine rings is 1. The van der Waals surface area contributed by atoms with Crippen LogP contribution in [0.3, 0.4) is 0 Å². The lowest BCUT2D eigenvalue weighted by atomic mass is 10.1. The fraction of sp³-hybridized carbons (Fsp3) is 0.550. The van der Waals surface area contributed by atoms with Crippen molar-refractivity contribution < 1.29 is 32.7 Å². The van der Waals surface area contributed by atoms with Gasteiger partial charge in [-0.2, -0.15) is 0 Å². The monoisotopic (exact) mass is 421 g/mol. The summed E-state index contributed by atoms with van der Waals surface area (Å²) in [5.41, 5.74) is 0.170. The Hall–Kier alpha value is -2.72. The largest absolute Gasteiger partial charge is 0.447 e. The molecular weight excluding hydrogens is 397 g/mol. The molecule has 0 N–H and O–H groups in total. The third kappa shape index (κ3) is 3.29. The number of methoxy groups -OCH3 is 1. The Morgan fingerprint density at radius 2 is 2.03 bits per heavy atom. The van der Waals surface area contributed by atoms with Crippen LogP contribution in [0.5, 0.6) is 0 Å². The average molecular weight is 421 g/mol. The smallest absolute Gasteiger partial charge is 0.416 e. The first-order chi connectivity index (χ1) is 14.3. The van der Waals surface area contributed by atoms with E-state index in [1.165, 1.54) is 18.1 Å². The highest BCUT2D eigenvalue weighted by Crippen LogP contribution is 2.38. The van der Waals surface area contributed by atoms with E-state index in [4.69, 9.17) is 18.7 Å². The number of amides is 1. The number of benzene rings is 1. The van der Waals surface area contributed by atoms with Gasteiger partial charge in [0.2, 0.25) is 5.58 Å². The quantitative estimate of drug-likeness (QED) is 0.681. The average Bonchev–Trinajstić information content (AvgIpc) is 3.29. The summed E-state index contributed by atoms with van der Waals surface area (Å²) in [5, 5.41) is 4.16. The number of cyclic esters (lactones) is 1. The summed E-state index contributed by atoms with van der Waals surface area (Å²) in [7, 11) is 1.52. The van der Waals surface area contributed by atoms with Crippen molar-refractivity contribution in [2.45, 2.75) is 45.1 Å². The van der Waals surface area contributed by atoms with Gasteiger partial charge in [0.25, 0.3) is 0 Å². The molecule has 3 heterocycles. The van der Waals surface area contributed by atoms with Gasteiger partial charge in [-0.15, -0.1) is 0 Å². The fourth-order valence-corrected chi connectivity index (χ4v) is 4.16. The van der Waals surface area contributed by atoms with Crippen molar-refractivity contribution in [3.63, 3.8) is 0 Å². The van der Waals surface area contributed by atoms with Crippen molar-refractivity contribution in [1.29, 1.82) is 0 Å². The van der Waals surface area contributed by atoms with Crippen molar-refractivity contribution in [2.24, 2.45) is 0 Å². The number of aldehydes is 1. The number of rotatable bonds is 5. The Labute approximate surface area is 172 Å². The number of aromatic nitrogens is 1. The predicted molar refractivity (Wildman–Crippen MR) is 106 cm³/mol. The molecule has 2 aromatic rings. The molecule has 4 rings (SSSR count). The first kappa shape index (κ1) is 20.5. The highest BCUT2D eigenvalue weighted by Gasteiger charge is 2.41. The van der Waals surface area contributed by atoms with E-state index in [1.54, 1.807) is 11.8 Å². The molecule has 0 bridgehead atoms. The number of halogens is 1. The van der Waals surface area contributed by atoms with Crippen LogP contribution >= 0.6 is 0 Å². The van der Waals surface area contributed by atoms with Crippen LogP contribution in [0.1, 0.15) is 31.1 Å². The SMILES string of the molecule is CO[C@@H](C)[C@H]1COC(=O)N1c1noc2c(F)c(N3C[C@@H](C)O[C@H](C)C3)c(C=O)cc12. The molecule has 2 aliphatic rings. The second-order valence-corrected chi connectivity index (χ2v) is 7.75. The summed E-state index contributed by atoms with van der Waals surface area (Å²) < 4.78 is 37.0. The number of ether oxygens (including phenoxy) is 3. The zero-order valence-corrected chi connectivity index (χ0v) is 17.3. The molecule has 1 aromatic carbocycles. The van der Waals surface area contributed by atoms with Crippen LogP contribution in [-0.4, -0.2) is 68.7 Å². The maximum absolute atomic E-state index is 15.5. The highest BCUT2D eigenvalue weighted by atomic mass is 19.1. The summed E-state index contributed by atoms with van der Waals surface area (Å²) >= 11 is 0. The van der Waals surface area contributed by atoms with Gasteiger partial charge in [-0.05, 0) is 26.8 Å². The van der Waals surface area contributed by atoms with Crippen LogP contribution in [0.4, 0.5) is 20.7 Å². The molecule has 2 fully saturated rings. The number of hydrogen-bond donors (Lipinski definition) is 0. The van der Waals surface area contributed by atoms with E-state index in [0.717, 1.165) is 0 Å². The maximum atomic E-state index is 15.5. The van der Waals surface area contributed by atoms with E-state index in [-0.39, 0.29) is 53.0 Å². The fourth-order valence-electron chi connectivity index (χ4n) is 4.16. The molecule has 1 aromatic heterocycles. The summed E-state index contributed by atoms with van der Waals surface area (Å²) in [6.45, 7) is 6.54. The van der Waals surface area contributed by atoms with Crippen LogP contribution in [0.15, 0.2) is 10.6 Å². The number of hydrogen-bond acceptors (Lipinski definition) is 8. The van der Waals surface area contributed by atoms with E-state index in [1.807, 2.05) is 13.8 Å². The minimum absolute atomic E-state index is 0.0960. The molecule has 30 heavy (non-hydrogen) atoms. The molecule has 0 aliphatic carbocycles. The Morgan fingerprint density at radius 3 is 2.67 bits per heavy atom. The van der Waals surface area contributed by atoms with Gasteiger partial charge in [0.1, 0.15) is 12.6 Å². The summed E-state index contributed by atoms with van der Waals surface area (Å²) in [4.78, 5) is 27.3. The molecule has 2 saturated heterocycles. The van der Waals surface area contributed by atoms with E-state index >= 15 is 4.39 Å². The lowest BCUT2D eigenvalue weighted by Gasteiger charge is -2.37. The summed E-state index contributed by atoms with van der Waals surface area (Å²) in [6.07, 6.45) is -0.633. The number of carbonyl (C=O) groups excluding carboxylic acids is 2. The van der Waals surface area contributed by atoms with Gasteiger partial charge in [0.05, 0.1) is 29.4 Å². The standard InChI is InChI=1S/C20H24FN3O6/c1-10-6-23(7-11(2)29-10)17-13(8-25)5-14-18(16(17)21)30-22-19(14)24-15(12(3)27-4)9-28-20(24)26/h5,8,10-12,15H,6-7,9H2,1-4H3/t10-,11-,12+,15-/m1/s1. The molecule has 10 heteroatoms. The zero-order chi connectivity index (χ0) is 21.6. The van der Waals surface area contributed by atoms with E-state index in [0.29, 0.717) is 19.4 Å². The second-order valence-electron chi connectivity index (χ2n) is 7.75. The van der Waals surface area contributed by atoms with E-state index in [9.17, 15) is 9.59 Å². The second kappa shape index (κ2) is 7.84. The van der Waals surface area contributed by atoms with Gasteiger partial charge in [0.15, 0.2) is 17.9 Å². The number of fused-ring (bicyclic) bond motifs is 1. The third-order valence-corrected chi connectivity index (χ3v) is 5.60. The minimum Gasteiger partial charge on any atom is -0.447 e. The van der Waals surface area contributed by atoms with Crippen LogP contribution in [0, 0.1) is 5.82 Å². The molecule has 1 amide bonds. The number of nitrogens with zero attached hydrogens (tertiary/aromatic N) is 3.